The van der Waals surface area contributed by atoms with Gasteiger partial charge in [0.15, 0.2) is 0 Å². The van der Waals surface area contributed by atoms with E-state index in [2.05, 4.69) is 10.6 Å². The monoisotopic (exact) mass is 257 g/mol. The maximum Gasteiger partial charge on any atom is 0.716 e. The molecule has 0 saturated carbocycles. The van der Waals surface area contributed by atoms with Crippen molar-refractivity contribution in [3.63, 3.8) is 0 Å². The van der Waals surface area contributed by atoms with Crippen molar-refractivity contribution < 1.29 is 18.8 Å². The molecule has 2 rings (SSSR count). The van der Waals surface area contributed by atoms with E-state index in [1.165, 1.54) is 0 Å². The van der Waals surface area contributed by atoms with Gasteiger partial charge in [0.2, 0.25) is 0 Å². The number of nitrogens with one attached hydrogen (secondary N) is 2. The molecule has 2 aliphatic rings. The Kier molecular flexibility index (Phi) is 5.39. The largest absolute Gasteiger partial charge is 0.716 e. The zero-order valence-corrected chi connectivity index (χ0v) is 10.4. The summed E-state index contributed by atoms with van der Waals surface area (Å²) in [6, 6.07) is 0. The van der Waals surface area contributed by atoms with E-state index in [9.17, 15) is 4.79 Å². The molecule has 2 saturated heterocycles. The van der Waals surface area contributed by atoms with Crippen molar-refractivity contribution in [3.05, 3.63) is 0 Å². The van der Waals surface area contributed by atoms with Crippen molar-refractivity contribution in [2.75, 3.05) is 26.2 Å². The Balaban J connectivity index is 1.81. The lowest BCUT2D eigenvalue weighted by molar-refractivity contribution is -0.137. The molecule has 4 N–H and O–H groups in total. The van der Waals surface area contributed by atoms with E-state index in [1.54, 1.807) is 0 Å². The van der Waals surface area contributed by atoms with Crippen LogP contribution in [-0.4, -0.2) is 51.8 Å². The molecule has 18 heavy (non-hydrogen) atoms. The Labute approximate surface area is 107 Å². The molecule has 2 atom stereocenters. The van der Waals surface area contributed by atoms with E-state index in [-0.39, 0.29) is 18.9 Å². The van der Waals surface area contributed by atoms with Crippen LogP contribution >= 0.6 is 0 Å². The van der Waals surface area contributed by atoms with Gasteiger partial charge in [-0.1, -0.05) is 0 Å². The fourth-order valence-electron chi connectivity index (χ4n) is 2.05. The number of carbonyl (C=O) groups is 1. The predicted molar refractivity (Wildman–Crippen MR) is 65.4 cm³/mol. The highest BCUT2D eigenvalue weighted by Gasteiger charge is 2.34. The summed E-state index contributed by atoms with van der Waals surface area (Å²) in [5.41, 5.74) is 5.22. The van der Waals surface area contributed by atoms with Gasteiger partial charge in [0.1, 0.15) is 0 Å². The van der Waals surface area contributed by atoms with Gasteiger partial charge in [0.25, 0.3) is 0 Å². The van der Waals surface area contributed by atoms with E-state index in [1.807, 2.05) is 0 Å². The second kappa shape index (κ2) is 7.05. The summed E-state index contributed by atoms with van der Waals surface area (Å²) in [7, 11) is -0.971. The minimum absolute atomic E-state index is 0.0157. The van der Waals surface area contributed by atoms with E-state index in [4.69, 9.17) is 19.7 Å². The maximum atomic E-state index is 11.2. The van der Waals surface area contributed by atoms with E-state index < -0.39 is 13.3 Å². The SMILES string of the molecule is NCC(=O)OB(OC1CCCN1)O[C@@H]1CCNC1. The third kappa shape index (κ3) is 4.22. The summed E-state index contributed by atoms with van der Waals surface area (Å²) in [6.45, 7) is 2.39. The minimum Gasteiger partial charge on any atom is -0.484 e. The van der Waals surface area contributed by atoms with Crippen molar-refractivity contribution in [3.8, 4) is 0 Å². The molecule has 2 aliphatic heterocycles. The first-order valence-corrected chi connectivity index (χ1v) is 6.42. The second-order valence-corrected chi connectivity index (χ2v) is 4.45. The van der Waals surface area contributed by atoms with Gasteiger partial charge < -0.3 is 25.0 Å². The zero-order valence-electron chi connectivity index (χ0n) is 10.4. The van der Waals surface area contributed by atoms with Crippen LogP contribution < -0.4 is 16.4 Å². The van der Waals surface area contributed by atoms with Crippen molar-refractivity contribution in [1.29, 1.82) is 0 Å². The Bertz CT molecular complexity index is 252. The highest BCUT2D eigenvalue weighted by atomic mass is 16.8. The Morgan fingerprint density at radius 3 is 2.83 bits per heavy atom. The molecule has 0 aliphatic carbocycles. The summed E-state index contributed by atoms with van der Waals surface area (Å²) < 4.78 is 16.3. The molecule has 1 unspecified atom stereocenters. The van der Waals surface area contributed by atoms with Gasteiger partial charge in [-0.25, -0.2) is 0 Å². The first-order chi connectivity index (χ1) is 8.78. The van der Waals surface area contributed by atoms with Crippen molar-refractivity contribution in [2.45, 2.75) is 31.6 Å². The van der Waals surface area contributed by atoms with Gasteiger partial charge in [0, 0.05) is 6.54 Å². The lowest BCUT2D eigenvalue weighted by Gasteiger charge is -2.20. The van der Waals surface area contributed by atoms with Crippen LogP contribution in [0.3, 0.4) is 0 Å². The lowest BCUT2D eigenvalue weighted by atomic mass is 10.2. The first kappa shape index (κ1) is 13.8. The van der Waals surface area contributed by atoms with Gasteiger partial charge in [-0.05, 0) is 32.4 Å². The van der Waals surface area contributed by atoms with Gasteiger partial charge in [-0.3, -0.25) is 10.1 Å². The molecule has 0 amide bonds. The molecule has 0 aromatic rings. The molecule has 8 heteroatoms. The Morgan fingerprint density at radius 1 is 1.33 bits per heavy atom. The highest BCUT2D eigenvalue weighted by Crippen LogP contribution is 2.12. The standard InChI is InChI=1S/C10H20BN3O4/c12-6-10(15)18-11(16-8-3-5-13-7-8)17-9-2-1-4-14-9/h8-9,13-14H,1-7,12H2/t8-,9?/m1/s1. The molecule has 0 spiro atoms. The predicted octanol–water partition coefficient (Wildman–Crippen LogP) is -1.42. The summed E-state index contributed by atoms with van der Waals surface area (Å²) in [6.07, 6.45) is 2.73. The fourth-order valence-corrected chi connectivity index (χ4v) is 2.05. The van der Waals surface area contributed by atoms with Crippen LogP contribution in [0.15, 0.2) is 0 Å². The molecule has 0 aromatic carbocycles. The summed E-state index contributed by atoms with van der Waals surface area (Å²) >= 11 is 0. The summed E-state index contributed by atoms with van der Waals surface area (Å²) in [4.78, 5) is 11.2. The average Bonchev–Trinajstić information content (AvgIpc) is 3.02. The third-order valence-electron chi connectivity index (χ3n) is 3.00. The number of rotatable bonds is 6. The van der Waals surface area contributed by atoms with Crippen LogP contribution in [0.1, 0.15) is 19.3 Å². The van der Waals surface area contributed by atoms with Crippen molar-refractivity contribution in [2.24, 2.45) is 5.73 Å². The topological polar surface area (TPSA) is 94.8 Å². The Hall–Kier alpha value is -0.665. The van der Waals surface area contributed by atoms with Gasteiger partial charge in [0.05, 0.1) is 18.9 Å². The first-order valence-electron chi connectivity index (χ1n) is 6.42. The number of hydrogen-bond donors (Lipinski definition) is 3. The van der Waals surface area contributed by atoms with Crippen LogP contribution in [-0.2, 0) is 18.8 Å². The summed E-state index contributed by atoms with van der Waals surface area (Å²) in [5.74, 6) is -0.524. The molecular formula is C10H20BN3O4. The van der Waals surface area contributed by atoms with Crippen LogP contribution in [0.5, 0.6) is 0 Å². The fraction of sp³-hybridized carbons (Fsp3) is 0.900. The summed E-state index contributed by atoms with van der Waals surface area (Å²) in [5, 5.41) is 6.34. The van der Waals surface area contributed by atoms with Crippen LogP contribution in [0.2, 0.25) is 0 Å². The van der Waals surface area contributed by atoms with E-state index in [0.29, 0.717) is 0 Å². The zero-order chi connectivity index (χ0) is 12.8. The molecule has 7 nitrogen and oxygen atoms in total. The van der Waals surface area contributed by atoms with Gasteiger partial charge >= 0.3 is 13.3 Å². The molecule has 0 aromatic heterocycles. The smallest absolute Gasteiger partial charge is 0.484 e. The number of hydrogen-bond acceptors (Lipinski definition) is 7. The molecule has 2 heterocycles. The number of carbonyl (C=O) groups excluding carboxylic acids is 1. The second-order valence-electron chi connectivity index (χ2n) is 4.45. The van der Waals surface area contributed by atoms with Crippen LogP contribution in [0.4, 0.5) is 0 Å². The quantitative estimate of drug-likeness (QED) is 0.502. The molecular weight excluding hydrogens is 237 g/mol. The van der Waals surface area contributed by atoms with Crippen LogP contribution in [0, 0.1) is 0 Å². The minimum atomic E-state index is -0.971. The molecule has 0 radical (unpaired) electrons. The van der Waals surface area contributed by atoms with Gasteiger partial charge in [-0.15, -0.1) is 0 Å². The average molecular weight is 257 g/mol. The lowest BCUT2D eigenvalue weighted by Crippen LogP contribution is -2.41. The maximum absolute atomic E-state index is 11.2. The molecule has 0 bridgehead atoms. The normalized spacial score (nSPS) is 27.4. The number of nitrogens with two attached hydrogens (primary N) is 1. The third-order valence-corrected chi connectivity index (χ3v) is 3.00. The molecule has 2 fully saturated rings. The van der Waals surface area contributed by atoms with Crippen molar-refractivity contribution in [1.82, 2.24) is 10.6 Å². The van der Waals surface area contributed by atoms with E-state index >= 15 is 0 Å². The highest BCUT2D eigenvalue weighted by molar-refractivity contribution is 6.39. The van der Waals surface area contributed by atoms with Gasteiger partial charge in [-0.2, -0.15) is 0 Å². The molecule has 102 valence electrons. The van der Waals surface area contributed by atoms with Crippen molar-refractivity contribution >= 4 is 13.3 Å². The van der Waals surface area contributed by atoms with Crippen LogP contribution in [0.25, 0.3) is 0 Å². The van der Waals surface area contributed by atoms with E-state index in [0.717, 1.165) is 38.9 Å². The Morgan fingerprint density at radius 2 is 2.22 bits per heavy atom.